The first kappa shape index (κ1) is 16.6. The summed E-state index contributed by atoms with van der Waals surface area (Å²) >= 11 is 0. The Morgan fingerprint density at radius 2 is 2.06 bits per heavy atom. The van der Waals surface area contributed by atoms with Crippen molar-refractivity contribution in [1.29, 1.82) is 0 Å². The summed E-state index contributed by atoms with van der Waals surface area (Å²) in [5.74, 6) is -1.11. The molecule has 0 bridgehead atoms. The summed E-state index contributed by atoms with van der Waals surface area (Å²) in [6.07, 6.45) is -1.60. The van der Waals surface area contributed by atoms with Crippen molar-refractivity contribution in [2.24, 2.45) is 0 Å². The number of halogens is 2. The Morgan fingerprint density at radius 1 is 1.39 bits per heavy atom. The number of alkyl halides is 2. The Balaban J connectivity index is 3.71. The van der Waals surface area contributed by atoms with E-state index in [1.165, 1.54) is 0 Å². The maximum Gasteiger partial charge on any atom is 0.326 e. The second-order valence-electron chi connectivity index (χ2n) is 3.55. The summed E-state index contributed by atoms with van der Waals surface area (Å²) in [5.41, 5.74) is 0. The lowest BCUT2D eigenvalue weighted by atomic mass is 10.2. The van der Waals surface area contributed by atoms with Crippen LogP contribution in [0.1, 0.15) is 19.8 Å². The monoisotopic (exact) mass is 268 g/mol. The Kier molecular flexibility index (Phi) is 8.81. The van der Waals surface area contributed by atoms with Crippen LogP contribution in [0.15, 0.2) is 0 Å². The van der Waals surface area contributed by atoms with Crippen molar-refractivity contribution in [2.45, 2.75) is 32.2 Å². The Morgan fingerprint density at radius 3 is 2.56 bits per heavy atom. The molecule has 0 radical (unpaired) electrons. The lowest BCUT2D eigenvalue weighted by molar-refractivity contribution is -0.139. The molecule has 0 heterocycles. The van der Waals surface area contributed by atoms with Gasteiger partial charge in [-0.1, -0.05) is 13.3 Å². The minimum absolute atomic E-state index is 0.0387. The zero-order valence-corrected chi connectivity index (χ0v) is 10.1. The molecule has 0 aromatic rings. The molecule has 8 heteroatoms. The molecule has 0 spiro atoms. The van der Waals surface area contributed by atoms with Crippen LogP contribution in [0.4, 0.5) is 13.6 Å². The number of rotatable bonds is 9. The van der Waals surface area contributed by atoms with E-state index in [9.17, 15) is 18.4 Å². The minimum Gasteiger partial charge on any atom is -0.480 e. The molecular weight excluding hydrogens is 250 g/mol. The van der Waals surface area contributed by atoms with Crippen LogP contribution >= 0.6 is 0 Å². The Bertz CT molecular complexity index is 264. The highest BCUT2D eigenvalue weighted by Crippen LogP contribution is 1.96. The number of hydrogen-bond acceptors (Lipinski definition) is 3. The standard InChI is InChI=1S/C10H18F2N2O4/c1-2-3-7(9(15)16)14-10(17)13-4-5-18-6-8(11)12/h7-8H,2-6H2,1H3,(H,15,16)(H2,13,14,17)/t7-/m1/s1. The number of hydrogen-bond donors (Lipinski definition) is 3. The fourth-order valence-electron chi connectivity index (χ4n) is 1.16. The van der Waals surface area contributed by atoms with Crippen molar-refractivity contribution in [2.75, 3.05) is 19.8 Å². The van der Waals surface area contributed by atoms with Gasteiger partial charge in [0, 0.05) is 6.54 Å². The van der Waals surface area contributed by atoms with Crippen LogP contribution in [-0.4, -0.2) is 49.3 Å². The van der Waals surface area contributed by atoms with Crippen molar-refractivity contribution >= 4 is 12.0 Å². The average molecular weight is 268 g/mol. The molecule has 3 N–H and O–H groups in total. The van der Waals surface area contributed by atoms with Crippen molar-refractivity contribution in [3.63, 3.8) is 0 Å². The number of carbonyl (C=O) groups excluding carboxylic acids is 1. The second-order valence-corrected chi connectivity index (χ2v) is 3.55. The summed E-state index contributed by atoms with van der Waals surface area (Å²) in [6.45, 7) is 1.10. The van der Waals surface area contributed by atoms with Crippen LogP contribution in [0, 0.1) is 0 Å². The van der Waals surface area contributed by atoms with Gasteiger partial charge in [-0.2, -0.15) is 0 Å². The number of carboxylic acids is 1. The molecule has 0 aromatic carbocycles. The van der Waals surface area contributed by atoms with Gasteiger partial charge in [0.15, 0.2) is 0 Å². The Labute approximate surface area is 104 Å². The SMILES string of the molecule is CCC[C@@H](NC(=O)NCCOCC(F)F)C(=O)O. The predicted octanol–water partition coefficient (Wildman–Crippen LogP) is 0.821. The zero-order chi connectivity index (χ0) is 14.0. The molecule has 0 fully saturated rings. The summed E-state index contributed by atoms with van der Waals surface area (Å²) < 4.78 is 27.9. The van der Waals surface area contributed by atoms with E-state index in [-0.39, 0.29) is 13.2 Å². The summed E-state index contributed by atoms with van der Waals surface area (Å²) in [5, 5.41) is 13.4. The molecule has 0 saturated carbocycles. The molecular formula is C10H18F2N2O4. The van der Waals surface area contributed by atoms with Crippen molar-refractivity contribution in [3.8, 4) is 0 Å². The van der Waals surface area contributed by atoms with E-state index >= 15 is 0 Å². The van der Waals surface area contributed by atoms with Crippen LogP contribution in [0.25, 0.3) is 0 Å². The summed E-state index contributed by atoms with van der Waals surface area (Å²) in [7, 11) is 0. The van der Waals surface area contributed by atoms with E-state index in [0.717, 1.165) is 0 Å². The number of carboxylic acid groups (broad SMARTS) is 1. The molecule has 6 nitrogen and oxygen atoms in total. The minimum atomic E-state index is -2.54. The molecule has 1 atom stereocenters. The van der Waals surface area contributed by atoms with Gasteiger partial charge in [0.25, 0.3) is 6.43 Å². The van der Waals surface area contributed by atoms with Gasteiger partial charge in [-0.05, 0) is 6.42 Å². The lowest BCUT2D eigenvalue weighted by Gasteiger charge is -2.14. The summed E-state index contributed by atoms with van der Waals surface area (Å²) in [4.78, 5) is 22.0. The van der Waals surface area contributed by atoms with Crippen LogP contribution in [-0.2, 0) is 9.53 Å². The van der Waals surface area contributed by atoms with Gasteiger partial charge in [-0.15, -0.1) is 0 Å². The van der Waals surface area contributed by atoms with Gasteiger partial charge in [0.2, 0.25) is 0 Å². The van der Waals surface area contributed by atoms with E-state index < -0.39 is 31.1 Å². The first-order chi connectivity index (χ1) is 8.47. The molecule has 18 heavy (non-hydrogen) atoms. The maximum absolute atomic E-state index is 11.7. The van der Waals surface area contributed by atoms with Gasteiger partial charge in [-0.3, -0.25) is 0 Å². The highest BCUT2D eigenvalue weighted by Gasteiger charge is 2.18. The number of carbonyl (C=O) groups is 2. The number of nitrogens with one attached hydrogen (secondary N) is 2. The smallest absolute Gasteiger partial charge is 0.326 e. The molecule has 0 aliphatic heterocycles. The van der Waals surface area contributed by atoms with Crippen molar-refractivity contribution < 1.29 is 28.2 Å². The molecule has 0 unspecified atom stereocenters. The number of ether oxygens (including phenoxy) is 1. The zero-order valence-electron chi connectivity index (χ0n) is 10.1. The van der Waals surface area contributed by atoms with Gasteiger partial charge in [0.1, 0.15) is 12.6 Å². The van der Waals surface area contributed by atoms with Crippen LogP contribution in [0.3, 0.4) is 0 Å². The summed E-state index contributed by atoms with van der Waals surface area (Å²) in [6, 6.07) is -1.60. The average Bonchev–Trinajstić information content (AvgIpc) is 2.27. The first-order valence-corrected chi connectivity index (χ1v) is 5.60. The van der Waals surface area contributed by atoms with Gasteiger partial charge in [0.05, 0.1) is 6.61 Å². The fourth-order valence-corrected chi connectivity index (χ4v) is 1.16. The normalized spacial score (nSPS) is 12.2. The molecule has 2 amide bonds. The number of urea groups is 1. The van der Waals surface area contributed by atoms with E-state index in [4.69, 9.17) is 5.11 Å². The fraction of sp³-hybridized carbons (Fsp3) is 0.800. The quantitative estimate of drug-likeness (QED) is 0.540. The van der Waals surface area contributed by atoms with Crippen LogP contribution in [0.5, 0.6) is 0 Å². The molecule has 0 aromatic heterocycles. The van der Waals surface area contributed by atoms with Crippen LogP contribution < -0.4 is 10.6 Å². The molecule has 0 aliphatic rings. The van der Waals surface area contributed by atoms with E-state index in [0.29, 0.717) is 12.8 Å². The van der Waals surface area contributed by atoms with Gasteiger partial charge < -0.3 is 20.5 Å². The highest BCUT2D eigenvalue weighted by molar-refractivity contribution is 5.82. The van der Waals surface area contributed by atoms with Crippen LogP contribution in [0.2, 0.25) is 0 Å². The lowest BCUT2D eigenvalue weighted by Crippen LogP contribution is -2.46. The number of aliphatic carboxylic acids is 1. The maximum atomic E-state index is 11.7. The van der Waals surface area contributed by atoms with Crippen molar-refractivity contribution in [1.82, 2.24) is 10.6 Å². The third-order valence-electron chi connectivity index (χ3n) is 1.96. The number of amides is 2. The van der Waals surface area contributed by atoms with E-state index in [1.54, 1.807) is 6.92 Å². The third kappa shape index (κ3) is 8.68. The first-order valence-electron chi connectivity index (χ1n) is 5.60. The largest absolute Gasteiger partial charge is 0.480 e. The van der Waals surface area contributed by atoms with E-state index in [1.807, 2.05) is 0 Å². The predicted molar refractivity (Wildman–Crippen MR) is 59.7 cm³/mol. The molecule has 0 rings (SSSR count). The topological polar surface area (TPSA) is 87.7 Å². The molecule has 0 saturated heterocycles. The van der Waals surface area contributed by atoms with E-state index in [2.05, 4.69) is 15.4 Å². The second kappa shape index (κ2) is 9.58. The highest BCUT2D eigenvalue weighted by atomic mass is 19.3. The molecule has 0 aliphatic carbocycles. The van der Waals surface area contributed by atoms with Gasteiger partial charge >= 0.3 is 12.0 Å². The Hall–Kier alpha value is -1.44. The third-order valence-corrected chi connectivity index (χ3v) is 1.96. The molecule has 106 valence electrons. The van der Waals surface area contributed by atoms with Gasteiger partial charge in [-0.25, -0.2) is 18.4 Å². The van der Waals surface area contributed by atoms with Crippen molar-refractivity contribution in [3.05, 3.63) is 0 Å².